The minimum absolute atomic E-state index is 0.616. The highest BCUT2D eigenvalue weighted by Crippen LogP contribution is 2.27. The van der Waals surface area contributed by atoms with Gasteiger partial charge in [-0.2, -0.15) is 0 Å². The Balaban J connectivity index is 2.20. The van der Waals surface area contributed by atoms with Crippen LogP contribution in [0.2, 0.25) is 0 Å². The largest absolute Gasteiger partial charge is 0.399 e. The van der Waals surface area contributed by atoms with E-state index in [1.807, 2.05) is 30.3 Å². The zero-order valence-electron chi connectivity index (χ0n) is 11.9. The van der Waals surface area contributed by atoms with Gasteiger partial charge in [0, 0.05) is 30.6 Å². The lowest BCUT2D eigenvalue weighted by Crippen LogP contribution is -2.06. The van der Waals surface area contributed by atoms with Crippen molar-refractivity contribution in [2.75, 3.05) is 25.2 Å². The summed E-state index contributed by atoms with van der Waals surface area (Å²) in [4.78, 5) is 4.71. The van der Waals surface area contributed by atoms with Gasteiger partial charge >= 0.3 is 0 Å². The maximum atomic E-state index is 5.90. The number of nitrogens with zero attached hydrogens (tertiary/aromatic N) is 2. The van der Waals surface area contributed by atoms with Gasteiger partial charge < -0.3 is 20.8 Å². The van der Waals surface area contributed by atoms with Crippen LogP contribution in [0.1, 0.15) is 0 Å². The molecule has 108 valence electrons. The summed E-state index contributed by atoms with van der Waals surface area (Å²) in [6.45, 7) is 1.34. The summed E-state index contributed by atoms with van der Waals surface area (Å²) in [5.74, 6) is 0.854. The lowest BCUT2D eigenvalue weighted by atomic mass is 10.1. The van der Waals surface area contributed by atoms with Gasteiger partial charge in [0.25, 0.3) is 0 Å². The van der Waals surface area contributed by atoms with Gasteiger partial charge in [0.05, 0.1) is 17.6 Å². The van der Waals surface area contributed by atoms with Crippen molar-refractivity contribution in [3.63, 3.8) is 0 Å². The number of para-hydroxylation sites is 2. The van der Waals surface area contributed by atoms with E-state index >= 15 is 0 Å². The van der Waals surface area contributed by atoms with Crippen molar-refractivity contribution in [2.24, 2.45) is 0 Å². The number of fused-ring (bicyclic) bond motifs is 1. The molecule has 3 rings (SSSR count). The zero-order chi connectivity index (χ0) is 14.8. The number of benzene rings is 2. The van der Waals surface area contributed by atoms with E-state index in [0.717, 1.165) is 29.0 Å². The van der Waals surface area contributed by atoms with Gasteiger partial charge in [0.2, 0.25) is 0 Å². The summed E-state index contributed by atoms with van der Waals surface area (Å²) in [6, 6.07) is 13.6. The molecule has 0 fully saturated rings. The fourth-order valence-corrected chi connectivity index (χ4v) is 2.51. The summed E-state index contributed by atoms with van der Waals surface area (Å²) in [5, 5.41) is 0. The SMILES string of the molecule is COCCn1c(-c2cc(N)cc(N)c2)nc2ccccc21. The van der Waals surface area contributed by atoms with Gasteiger partial charge in [-0.3, -0.25) is 0 Å². The molecule has 0 bridgehead atoms. The lowest BCUT2D eigenvalue weighted by Gasteiger charge is -2.10. The maximum absolute atomic E-state index is 5.90. The molecule has 0 spiro atoms. The molecule has 4 N–H and O–H groups in total. The predicted octanol–water partition coefficient (Wildman–Crippen LogP) is 2.51. The number of anilines is 2. The molecule has 0 amide bonds. The van der Waals surface area contributed by atoms with Crippen LogP contribution < -0.4 is 11.5 Å². The Kier molecular flexibility index (Phi) is 3.50. The van der Waals surface area contributed by atoms with Crippen LogP contribution in [0.15, 0.2) is 42.5 Å². The van der Waals surface area contributed by atoms with Crippen LogP contribution in [-0.4, -0.2) is 23.3 Å². The summed E-state index contributed by atoms with van der Waals surface area (Å²) in [6.07, 6.45) is 0. The molecular formula is C16H18N4O. The summed E-state index contributed by atoms with van der Waals surface area (Å²) in [7, 11) is 1.69. The molecule has 1 heterocycles. The van der Waals surface area contributed by atoms with Crippen LogP contribution >= 0.6 is 0 Å². The molecule has 0 radical (unpaired) electrons. The van der Waals surface area contributed by atoms with Crippen molar-refractivity contribution in [3.05, 3.63) is 42.5 Å². The molecular weight excluding hydrogens is 264 g/mol. The van der Waals surface area contributed by atoms with Crippen molar-refractivity contribution >= 4 is 22.4 Å². The van der Waals surface area contributed by atoms with Gasteiger partial charge in [-0.25, -0.2) is 4.98 Å². The van der Waals surface area contributed by atoms with Crippen molar-refractivity contribution in [1.29, 1.82) is 0 Å². The van der Waals surface area contributed by atoms with Crippen molar-refractivity contribution in [2.45, 2.75) is 6.54 Å². The molecule has 5 nitrogen and oxygen atoms in total. The first-order valence-corrected chi connectivity index (χ1v) is 6.79. The number of hydrogen-bond donors (Lipinski definition) is 2. The number of nitrogen functional groups attached to an aromatic ring is 2. The van der Waals surface area contributed by atoms with E-state index in [0.29, 0.717) is 18.0 Å². The van der Waals surface area contributed by atoms with Gasteiger partial charge in [-0.1, -0.05) is 12.1 Å². The highest BCUT2D eigenvalue weighted by Gasteiger charge is 2.13. The third-order valence-corrected chi connectivity index (χ3v) is 3.41. The number of aromatic nitrogens is 2. The van der Waals surface area contributed by atoms with Crippen LogP contribution in [0.25, 0.3) is 22.4 Å². The Morgan fingerprint density at radius 2 is 1.81 bits per heavy atom. The fourth-order valence-electron chi connectivity index (χ4n) is 2.51. The molecule has 21 heavy (non-hydrogen) atoms. The average Bonchev–Trinajstić information content (AvgIpc) is 2.83. The minimum Gasteiger partial charge on any atom is -0.399 e. The molecule has 0 aliphatic rings. The third-order valence-electron chi connectivity index (χ3n) is 3.41. The molecule has 5 heteroatoms. The van der Waals surface area contributed by atoms with Crippen LogP contribution in [0.5, 0.6) is 0 Å². The Morgan fingerprint density at radius 3 is 2.52 bits per heavy atom. The Labute approximate surface area is 123 Å². The number of hydrogen-bond acceptors (Lipinski definition) is 4. The van der Waals surface area contributed by atoms with E-state index in [4.69, 9.17) is 21.2 Å². The van der Waals surface area contributed by atoms with E-state index in [-0.39, 0.29) is 0 Å². The lowest BCUT2D eigenvalue weighted by molar-refractivity contribution is 0.188. The molecule has 0 unspecified atom stereocenters. The Hall–Kier alpha value is -2.53. The molecule has 0 atom stereocenters. The van der Waals surface area contributed by atoms with Gasteiger partial charge in [0.1, 0.15) is 5.82 Å². The number of rotatable bonds is 4. The highest BCUT2D eigenvalue weighted by molar-refractivity contribution is 5.82. The van der Waals surface area contributed by atoms with Crippen LogP contribution in [0.3, 0.4) is 0 Å². The Morgan fingerprint density at radius 1 is 1.10 bits per heavy atom. The maximum Gasteiger partial charge on any atom is 0.141 e. The Bertz CT molecular complexity index is 759. The zero-order valence-corrected chi connectivity index (χ0v) is 11.9. The molecule has 0 saturated heterocycles. The first kappa shape index (κ1) is 13.5. The number of ether oxygens (including phenoxy) is 1. The second-order valence-corrected chi connectivity index (χ2v) is 4.96. The first-order valence-electron chi connectivity index (χ1n) is 6.79. The second-order valence-electron chi connectivity index (χ2n) is 4.96. The number of imidazole rings is 1. The molecule has 3 aromatic rings. The molecule has 2 aromatic carbocycles. The molecule has 0 saturated carbocycles. The number of nitrogens with two attached hydrogens (primary N) is 2. The van der Waals surface area contributed by atoms with Gasteiger partial charge in [0.15, 0.2) is 0 Å². The van der Waals surface area contributed by atoms with Crippen molar-refractivity contribution in [1.82, 2.24) is 9.55 Å². The smallest absolute Gasteiger partial charge is 0.141 e. The predicted molar refractivity (Wildman–Crippen MR) is 85.9 cm³/mol. The van der Waals surface area contributed by atoms with E-state index in [1.165, 1.54) is 0 Å². The van der Waals surface area contributed by atoms with E-state index in [1.54, 1.807) is 13.2 Å². The van der Waals surface area contributed by atoms with E-state index in [2.05, 4.69) is 10.6 Å². The summed E-state index contributed by atoms with van der Waals surface area (Å²) < 4.78 is 7.34. The van der Waals surface area contributed by atoms with Crippen LogP contribution in [0.4, 0.5) is 11.4 Å². The summed E-state index contributed by atoms with van der Waals surface area (Å²) in [5.41, 5.74) is 16.0. The second kappa shape index (κ2) is 5.46. The topological polar surface area (TPSA) is 79.1 Å². The summed E-state index contributed by atoms with van der Waals surface area (Å²) >= 11 is 0. The van der Waals surface area contributed by atoms with Gasteiger partial charge in [-0.05, 0) is 30.3 Å². The molecule has 0 aliphatic heterocycles. The first-order chi connectivity index (χ1) is 10.2. The van der Waals surface area contributed by atoms with Crippen LogP contribution in [0, 0.1) is 0 Å². The normalized spacial score (nSPS) is 11.1. The highest BCUT2D eigenvalue weighted by atomic mass is 16.5. The quantitative estimate of drug-likeness (QED) is 0.721. The molecule has 0 aliphatic carbocycles. The van der Waals surface area contributed by atoms with Crippen molar-refractivity contribution < 1.29 is 4.74 Å². The van der Waals surface area contributed by atoms with Crippen LogP contribution in [-0.2, 0) is 11.3 Å². The number of methoxy groups -OCH3 is 1. The average molecular weight is 282 g/mol. The monoisotopic (exact) mass is 282 g/mol. The van der Waals surface area contributed by atoms with E-state index in [9.17, 15) is 0 Å². The minimum atomic E-state index is 0.616. The third kappa shape index (κ3) is 2.55. The van der Waals surface area contributed by atoms with Gasteiger partial charge in [-0.15, -0.1) is 0 Å². The van der Waals surface area contributed by atoms with Crippen molar-refractivity contribution in [3.8, 4) is 11.4 Å². The van der Waals surface area contributed by atoms with E-state index < -0.39 is 0 Å². The molecule has 1 aromatic heterocycles. The standard InChI is InChI=1S/C16H18N4O/c1-21-7-6-20-15-5-3-2-4-14(15)19-16(20)11-8-12(17)10-13(18)9-11/h2-5,8-10H,6-7,17-18H2,1H3. The fraction of sp³-hybridized carbons (Fsp3) is 0.188.